The molecule has 5 nitrogen and oxygen atoms in total. The Morgan fingerprint density at radius 1 is 1.00 bits per heavy atom. The highest BCUT2D eigenvalue weighted by molar-refractivity contribution is 7.14. The molecule has 0 N–H and O–H groups in total. The van der Waals surface area contributed by atoms with Crippen molar-refractivity contribution in [2.75, 3.05) is 20.2 Å². The van der Waals surface area contributed by atoms with Gasteiger partial charge in [-0.1, -0.05) is 11.3 Å². The lowest BCUT2D eigenvalue weighted by atomic mass is 9.97. The average Bonchev–Trinajstić information content (AvgIpc) is 3.33. The second kappa shape index (κ2) is 9.48. The summed E-state index contributed by atoms with van der Waals surface area (Å²) in [5.74, 6) is -0.431. The third-order valence-corrected chi connectivity index (χ3v) is 6.80. The number of alkyl halides is 6. The number of methoxy groups -OCH3 is 1. The summed E-state index contributed by atoms with van der Waals surface area (Å²) in [7, 11) is 1.55. The molecule has 1 unspecified atom stereocenters. The number of piperidine rings is 1. The maximum atomic E-state index is 13.2. The van der Waals surface area contributed by atoms with Crippen LogP contribution in [-0.4, -0.2) is 41.2 Å². The first-order valence-electron chi connectivity index (χ1n) is 10.5. The fourth-order valence-corrected chi connectivity index (χ4v) is 4.85. The van der Waals surface area contributed by atoms with E-state index in [1.807, 2.05) is 12.1 Å². The topological polar surface area (TPSA) is 55.3 Å². The molecule has 0 spiro atoms. The maximum absolute atomic E-state index is 13.2. The van der Waals surface area contributed by atoms with Crippen LogP contribution in [0.5, 0.6) is 5.75 Å². The summed E-state index contributed by atoms with van der Waals surface area (Å²) in [6.07, 6.45) is -8.85. The number of carbonyl (C=O) groups excluding carboxylic acids is 1. The number of carbonyl (C=O) groups is 1. The molecule has 0 bridgehead atoms. The van der Waals surface area contributed by atoms with Gasteiger partial charge in [-0.2, -0.15) is 26.3 Å². The van der Waals surface area contributed by atoms with E-state index in [9.17, 15) is 31.1 Å². The number of aromatic nitrogens is 2. The molecule has 186 valence electrons. The second-order valence-corrected chi connectivity index (χ2v) is 9.07. The first kappa shape index (κ1) is 25.0. The zero-order valence-electron chi connectivity index (χ0n) is 18.3. The standard InChI is InChI=1S/C23H19F6N3O2S/c1-34-18-6-4-13(5-7-18)19-30-31-20(35-19)14-3-2-8-32(12-14)21(33)15-9-16(22(24,25)26)11-17(10-15)23(27,28)29/h4-7,9-11,14H,2-3,8,12H2,1H3. The van der Waals surface area contributed by atoms with Crippen molar-refractivity contribution in [3.8, 4) is 16.3 Å². The molecule has 1 aliphatic rings. The van der Waals surface area contributed by atoms with Gasteiger partial charge in [0.1, 0.15) is 15.8 Å². The van der Waals surface area contributed by atoms with E-state index in [1.54, 1.807) is 19.2 Å². The molecule has 1 aromatic heterocycles. The van der Waals surface area contributed by atoms with Gasteiger partial charge in [0.05, 0.1) is 18.2 Å². The predicted octanol–water partition coefficient (Wildman–Crippen LogP) is 6.27. The highest BCUT2D eigenvalue weighted by Crippen LogP contribution is 2.38. The predicted molar refractivity (Wildman–Crippen MR) is 116 cm³/mol. The second-order valence-electron chi connectivity index (χ2n) is 8.06. The van der Waals surface area contributed by atoms with Gasteiger partial charge in [0, 0.05) is 30.1 Å². The molecule has 12 heteroatoms. The van der Waals surface area contributed by atoms with Crippen LogP contribution in [-0.2, 0) is 12.4 Å². The number of amides is 1. The number of rotatable bonds is 4. The Morgan fingerprint density at radius 3 is 2.20 bits per heavy atom. The molecule has 1 amide bonds. The van der Waals surface area contributed by atoms with Crippen LogP contribution in [0.2, 0.25) is 0 Å². The van der Waals surface area contributed by atoms with E-state index in [1.165, 1.54) is 16.2 Å². The van der Waals surface area contributed by atoms with E-state index >= 15 is 0 Å². The van der Waals surface area contributed by atoms with E-state index in [0.29, 0.717) is 40.7 Å². The van der Waals surface area contributed by atoms with Crippen molar-refractivity contribution in [1.82, 2.24) is 15.1 Å². The quantitative estimate of drug-likeness (QED) is 0.385. The number of benzene rings is 2. The maximum Gasteiger partial charge on any atom is 0.416 e. The third kappa shape index (κ3) is 5.58. The number of nitrogens with zero attached hydrogens (tertiary/aromatic N) is 3. The summed E-state index contributed by atoms with van der Waals surface area (Å²) in [6.45, 7) is 0.338. The molecule has 1 fully saturated rings. The van der Waals surface area contributed by atoms with E-state index in [-0.39, 0.29) is 25.1 Å². The smallest absolute Gasteiger partial charge is 0.416 e. The lowest BCUT2D eigenvalue weighted by molar-refractivity contribution is -0.143. The summed E-state index contributed by atoms with van der Waals surface area (Å²) in [4.78, 5) is 14.2. The van der Waals surface area contributed by atoms with Crippen molar-refractivity contribution in [3.05, 3.63) is 64.2 Å². The molecule has 2 aromatic carbocycles. The van der Waals surface area contributed by atoms with E-state index < -0.39 is 35.0 Å². The van der Waals surface area contributed by atoms with Crippen molar-refractivity contribution in [3.63, 3.8) is 0 Å². The zero-order chi connectivity index (χ0) is 25.4. The lowest BCUT2D eigenvalue weighted by Crippen LogP contribution is -2.39. The lowest BCUT2D eigenvalue weighted by Gasteiger charge is -2.32. The van der Waals surface area contributed by atoms with Gasteiger partial charge in [-0.15, -0.1) is 10.2 Å². The van der Waals surface area contributed by atoms with Crippen LogP contribution < -0.4 is 4.74 Å². The molecule has 0 saturated carbocycles. The van der Waals surface area contributed by atoms with Gasteiger partial charge in [-0.3, -0.25) is 4.79 Å². The molecule has 0 aliphatic carbocycles. The molecule has 1 aliphatic heterocycles. The van der Waals surface area contributed by atoms with Gasteiger partial charge >= 0.3 is 12.4 Å². The third-order valence-electron chi connectivity index (χ3n) is 5.67. The van der Waals surface area contributed by atoms with Crippen LogP contribution >= 0.6 is 11.3 Å². The number of halogens is 6. The fraction of sp³-hybridized carbons (Fsp3) is 0.348. The first-order valence-corrected chi connectivity index (χ1v) is 11.3. The minimum Gasteiger partial charge on any atom is -0.497 e. The van der Waals surface area contributed by atoms with Crippen molar-refractivity contribution in [2.45, 2.75) is 31.1 Å². The number of ether oxygens (including phenoxy) is 1. The fourth-order valence-electron chi connectivity index (χ4n) is 3.87. The monoisotopic (exact) mass is 515 g/mol. The minimum atomic E-state index is -5.02. The Hall–Kier alpha value is -3.15. The van der Waals surface area contributed by atoms with Gasteiger partial charge in [-0.25, -0.2) is 0 Å². The Balaban J connectivity index is 1.55. The Kier molecular flexibility index (Phi) is 6.76. The highest BCUT2D eigenvalue weighted by atomic mass is 32.1. The van der Waals surface area contributed by atoms with Crippen molar-refractivity contribution in [2.24, 2.45) is 0 Å². The molecule has 2 heterocycles. The highest BCUT2D eigenvalue weighted by Gasteiger charge is 2.38. The number of hydrogen-bond acceptors (Lipinski definition) is 5. The average molecular weight is 515 g/mol. The summed E-state index contributed by atoms with van der Waals surface area (Å²) >= 11 is 1.33. The molecule has 35 heavy (non-hydrogen) atoms. The van der Waals surface area contributed by atoms with Gasteiger partial charge in [0.2, 0.25) is 0 Å². The largest absolute Gasteiger partial charge is 0.497 e. The molecule has 1 saturated heterocycles. The molecule has 0 radical (unpaired) electrons. The van der Waals surface area contributed by atoms with Gasteiger partial charge in [0.25, 0.3) is 5.91 Å². The molecular formula is C23H19F6N3O2S. The van der Waals surface area contributed by atoms with Gasteiger partial charge in [-0.05, 0) is 55.3 Å². The van der Waals surface area contributed by atoms with Crippen molar-refractivity contribution in [1.29, 1.82) is 0 Å². The molecule has 4 rings (SSSR count). The van der Waals surface area contributed by atoms with Crippen LogP contribution in [0.15, 0.2) is 42.5 Å². The first-order chi connectivity index (χ1) is 16.5. The summed E-state index contributed by atoms with van der Waals surface area (Å²) < 4.78 is 84.3. The number of hydrogen-bond donors (Lipinski definition) is 0. The van der Waals surface area contributed by atoms with E-state index in [4.69, 9.17) is 4.74 Å². The van der Waals surface area contributed by atoms with Gasteiger partial charge < -0.3 is 9.64 Å². The summed E-state index contributed by atoms with van der Waals surface area (Å²) in [6, 6.07) is 8.15. The Bertz CT molecular complexity index is 1170. The van der Waals surface area contributed by atoms with E-state index in [2.05, 4.69) is 10.2 Å². The Morgan fingerprint density at radius 2 is 1.63 bits per heavy atom. The molecule has 3 aromatic rings. The van der Waals surface area contributed by atoms with Crippen molar-refractivity contribution < 1.29 is 35.9 Å². The van der Waals surface area contributed by atoms with E-state index in [0.717, 1.165) is 5.56 Å². The Labute approximate surface area is 200 Å². The SMILES string of the molecule is COc1ccc(-c2nnc(C3CCCN(C(=O)c4cc(C(F)(F)F)cc(C(F)(F)F)c4)C3)s2)cc1. The van der Waals surface area contributed by atoms with Gasteiger partial charge in [0.15, 0.2) is 0 Å². The zero-order valence-corrected chi connectivity index (χ0v) is 19.1. The van der Waals surface area contributed by atoms with Crippen LogP contribution in [0.3, 0.4) is 0 Å². The summed E-state index contributed by atoms with van der Waals surface area (Å²) in [5, 5.41) is 9.71. The van der Waals surface area contributed by atoms with Crippen LogP contribution in [0.4, 0.5) is 26.3 Å². The normalized spacial score (nSPS) is 16.9. The molecule has 1 atom stereocenters. The van der Waals surface area contributed by atoms with Crippen LogP contribution in [0.1, 0.15) is 45.3 Å². The van der Waals surface area contributed by atoms with Crippen LogP contribution in [0.25, 0.3) is 10.6 Å². The molecular weight excluding hydrogens is 496 g/mol. The minimum absolute atomic E-state index is 0.0116. The summed E-state index contributed by atoms with van der Waals surface area (Å²) in [5.41, 5.74) is -2.86. The number of likely N-dealkylation sites (tertiary alicyclic amines) is 1. The van der Waals surface area contributed by atoms with Crippen LogP contribution in [0, 0.1) is 0 Å². The van der Waals surface area contributed by atoms with Crippen molar-refractivity contribution >= 4 is 17.2 Å².